The zero-order valence-corrected chi connectivity index (χ0v) is 16.4. The molecule has 0 aliphatic heterocycles. The molecule has 126 valence electrons. The molecular weight excluding hydrogens is 383 g/mol. The van der Waals surface area contributed by atoms with Gasteiger partial charge >= 0.3 is 6.09 Å². The van der Waals surface area contributed by atoms with E-state index in [1.807, 2.05) is 27.7 Å². The van der Waals surface area contributed by atoms with Crippen LogP contribution in [0, 0.1) is 5.92 Å². The maximum absolute atomic E-state index is 11.8. The van der Waals surface area contributed by atoms with Gasteiger partial charge in [-0.25, -0.2) is 4.79 Å². The van der Waals surface area contributed by atoms with Crippen LogP contribution in [-0.2, 0) is 4.74 Å². The third-order valence-electron chi connectivity index (χ3n) is 2.42. The maximum atomic E-state index is 11.8. The number of guanidine groups is 1. The molecule has 0 aromatic rings. The van der Waals surface area contributed by atoms with Crippen LogP contribution in [0.3, 0.4) is 0 Å². The summed E-state index contributed by atoms with van der Waals surface area (Å²) in [6.07, 6.45) is 0.693. The van der Waals surface area contributed by atoms with Gasteiger partial charge in [0.25, 0.3) is 0 Å². The van der Waals surface area contributed by atoms with Crippen LogP contribution in [0.15, 0.2) is 4.99 Å². The lowest BCUT2D eigenvalue weighted by Crippen LogP contribution is -2.37. The van der Waals surface area contributed by atoms with Gasteiger partial charge in [0, 0.05) is 26.7 Å². The number of rotatable bonds is 6. The summed E-state index contributed by atoms with van der Waals surface area (Å²) >= 11 is 0. The standard InChI is InChI=1S/C14H30N4O2.HI/c1-7-8-16-12(15)17-9-11(2)10-18(6)13(19)20-14(3,4)5;/h11H,7-10H2,1-6H3,(H3,15,16,17);1H. The van der Waals surface area contributed by atoms with E-state index >= 15 is 0 Å². The summed E-state index contributed by atoms with van der Waals surface area (Å²) in [4.78, 5) is 17.6. The number of halogens is 1. The highest BCUT2D eigenvalue weighted by molar-refractivity contribution is 14.0. The molecule has 0 radical (unpaired) electrons. The largest absolute Gasteiger partial charge is 0.444 e. The number of carbonyl (C=O) groups is 1. The van der Waals surface area contributed by atoms with Crippen LogP contribution in [0.4, 0.5) is 4.79 Å². The Balaban J connectivity index is 0. The number of hydrogen-bond acceptors (Lipinski definition) is 3. The molecule has 1 amide bonds. The van der Waals surface area contributed by atoms with Gasteiger partial charge in [-0.05, 0) is 33.1 Å². The predicted molar refractivity (Wildman–Crippen MR) is 98.2 cm³/mol. The van der Waals surface area contributed by atoms with Crippen molar-refractivity contribution in [3.8, 4) is 0 Å². The fourth-order valence-electron chi connectivity index (χ4n) is 1.50. The highest BCUT2D eigenvalue weighted by Crippen LogP contribution is 2.10. The Morgan fingerprint density at radius 1 is 1.43 bits per heavy atom. The van der Waals surface area contributed by atoms with Crippen molar-refractivity contribution in [3.05, 3.63) is 0 Å². The van der Waals surface area contributed by atoms with E-state index in [9.17, 15) is 4.79 Å². The van der Waals surface area contributed by atoms with E-state index in [2.05, 4.69) is 17.2 Å². The minimum atomic E-state index is -0.471. The minimum Gasteiger partial charge on any atom is -0.444 e. The van der Waals surface area contributed by atoms with Gasteiger partial charge in [-0.3, -0.25) is 4.99 Å². The molecule has 0 aromatic heterocycles. The average molecular weight is 414 g/mol. The summed E-state index contributed by atoms with van der Waals surface area (Å²) < 4.78 is 5.29. The van der Waals surface area contributed by atoms with Gasteiger partial charge in [0.1, 0.15) is 5.60 Å². The van der Waals surface area contributed by atoms with Crippen molar-refractivity contribution in [2.45, 2.75) is 46.6 Å². The van der Waals surface area contributed by atoms with Crippen LogP contribution in [0.2, 0.25) is 0 Å². The number of carbonyl (C=O) groups excluding carboxylic acids is 1. The van der Waals surface area contributed by atoms with Gasteiger partial charge in [-0.1, -0.05) is 13.8 Å². The van der Waals surface area contributed by atoms with Gasteiger partial charge in [0.15, 0.2) is 5.96 Å². The first kappa shape index (κ1) is 22.5. The van der Waals surface area contributed by atoms with Crippen molar-refractivity contribution in [2.24, 2.45) is 16.6 Å². The summed E-state index contributed by atoms with van der Waals surface area (Å²) in [6, 6.07) is 0. The lowest BCUT2D eigenvalue weighted by Gasteiger charge is -2.26. The molecule has 1 unspecified atom stereocenters. The van der Waals surface area contributed by atoms with Crippen molar-refractivity contribution < 1.29 is 9.53 Å². The molecule has 0 spiro atoms. The molecule has 0 aromatic carbocycles. The molecule has 0 aliphatic carbocycles. The van der Waals surface area contributed by atoms with Gasteiger partial charge in [-0.15, -0.1) is 24.0 Å². The molecule has 0 bridgehead atoms. The van der Waals surface area contributed by atoms with Crippen LogP contribution in [0.5, 0.6) is 0 Å². The fourth-order valence-corrected chi connectivity index (χ4v) is 1.50. The highest BCUT2D eigenvalue weighted by atomic mass is 127. The number of nitrogens with two attached hydrogens (primary N) is 1. The first-order valence-corrected chi connectivity index (χ1v) is 7.13. The molecule has 6 nitrogen and oxygen atoms in total. The van der Waals surface area contributed by atoms with Gasteiger partial charge in [-0.2, -0.15) is 0 Å². The molecule has 0 saturated heterocycles. The molecule has 0 rings (SSSR count). The molecule has 1 atom stereocenters. The van der Waals surface area contributed by atoms with E-state index in [0.29, 0.717) is 19.0 Å². The topological polar surface area (TPSA) is 80.0 Å². The van der Waals surface area contributed by atoms with Gasteiger partial charge in [0.2, 0.25) is 0 Å². The second kappa shape index (κ2) is 10.9. The van der Waals surface area contributed by atoms with E-state index in [0.717, 1.165) is 13.0 Å². The molecule has 21 heavy (non-hydrogen) atoms. The van der Waals surface area contributed by atoms with Crippen LogP contribution in [0.25, 0.3) is 0 Å². The second-order valence-electron chi connectivity index (χ2n) is 6.12. The molecule has 7 heteroatoms. The van der Waals surface area contributed by atoms with Crippen LogP contribution in [-0.4, -0.2) is 49.2 Å². The summed E-state index contributed by atoms with van der Waals surface area (Å²) in [5, 5.41) is 3.02. The SMILES string of the molecule is CCCNC(N)=NCC(C)CN(C)C(=O)OC(C)(C)C.I. The average Bonchev–Trinajstić information content (AvgIpc) is 2.31. The van der Waals surface area contributed by atoms with Crippen LogP contribution < -0.4 is 11.1 Å². The normalized spacial score (nSPS) is 13.1. The Labute approximate surface area is 145 Å². The van der Waals surface area contributed by atoms with Crippen molar-refractivity contribution in [1.29, 1.82) is 0 Å². The molecule has 0 heterocycles. The summed E-state index contributed by atoms with van der Waals surface area (Å²) in [5.74, 6) is 0.674. The first-order chi connectivity index (χ1) is 9.15. The van der Waals surface area contributed by atoms with E-state index in [1.54, 1.807) is 11.9 Å². The molecule has 0 aliphatic rings. The Morgan fingerprint density at radius 3 is 2.48 bits per heavy atom. The van der Waals surface area contributed by atoms with Crippen molar-refractivity contribution in [1.82, 2.24) is 10.2 Å². The molecule has 3 N–H and O–H groups in total. The summed E-state index contributed by atoms with van der Waals surface area (Å²) in [5.41, 5.74) is 5.24. The molecular formula is C14H31IN4O2. The minimum absolute atomic E-state index is 0. The van der Waals surface area contributed by atoms with E-state index in [4.69, 9.17) is 10.5 Å². The third kappa shape index (κ3) is 12.7. The predicted octanol–water partition coefficient (Wildman–Crippen LogP) is 2.42. The Kier molecular flexibility index (Phi) is 11.7. The number of hydrogen-bond donors (Lipinski definition) is 2. The van der Waals surface area contributed by atoms with Gasteiger partial charge in [0.05, 0.1) is 0 Å². The Hall–Kier alpha value is -0.730. The number of nitrogens with one attached hydrogen (secondary N) is 1. The lowest BCUT2D eigenvalue weighted by molar-refractivity contribution is 0.0279. The second-order valence-corrected chi connectivity index (χ2v) is 6.12. The Bertz CT molecular complexity index is 329. The van der Waals surface area contributed by atoms with Crippen LogP contribution in [0.1, 0.15) is 41.0 Å². The van der Waals surface area contributed by atoms with Crippen LogP contribution >= 0.6 is 24.0 Å². The summed E-state index contributed by atoms with van der Waals surface area (Å²) in [7, 11) is 1.73. The number of nitrogens with zero attached hydrogens (tertiary/aromatic N) is 2. The van der Waals surface area contributed by atoms with E-state index in [1.165, 1.54) is 0 Å². The zero-order chi connectivity index (χ0) is 15.8. The van der Waals surface area contributed by atoms with Crippen molar-refractivity contribution in [2.75, 3.05) is 26.7 Å². The van der Waals surface area contributed by atoms with Crippen molar-refractivity contribution in [3.63, 3.8) is 0 Å². The maximum Gasteiger partial charge on any atom is 0.410 e. The fraction of sp³-hybridized carbons (Fsp3) is 0.857. The summed E-state index contributed by atoms with van der Waals surface area (Å²) in [6.45, 7) is 11.6. The Morgan fingerprint density at radius 2 is 2.00 bits per heavy atom. The molecule has 0 fully saturated rings. The number of ether oxygens (including phenoxy) is 1. The number of aliphatic imine (C=N–C) groups is 1. The number of amides is 1. The highest BCUT2D eigenvalue weighted by Gasteiger charge is 2.20. The quantitative estimate of drug-likeness (QED) is 0.398. The van der Waals surface area contributed by atoms with Crippen molar-refractivity contribution >= 4 is 36.0 Å². The molecule has 0 saturated carbocycles. The smallest absolute Gasteiger partial charge is 0.410 e. The van der Waals surface area contributed by atoms with E-state index in [-0.39, 0.29) is 36.0 Å². The first-order valence-electron chi connectivity index (χ1n) is 7.13. The third-order valence-corrected chi connectivity index (χ3v) is 2.42. The monoisotopic (exact) mass is 414 g/mol. The zero-order valence-electron chi connectivity index (χ0n) is 14.1. The van der Waals surface area contributed by atoms with Gasteiger partial charge < -0.3 is 20.7 Å². The van der Waals surface area contributed by atoms with E-state index < -0.39 is 5.60 Å². The lowest BCUT2D eigenvalue weighted by atomic mass is 10.2.